The highest BCUT2D eigenvalue weighted by atomic mass is 35.5. The standard InChI is InChI=1S/C15H11ClF4O/c16-11-4-1-9(2-5-11)7-14(21)12-8-10(15(18,19)20)3-6-13(12)17/h1-6,8,14,21H,7H2. The average Bonchev–Trinajstić information content (AvgIpc) is 2.40. The van der Waals surface area contributed by atoms with E-state index in [1.807, 2.05) is 0 Å². The molecule has 0 aromatic heterocycles. The van der Waals surface area contributed by atoms with Crippen LogP contribution in [0.5, 0.6) is 0 Å². The fourth-order valence-corrected chi connectivity index (χ4v) is 2.06. The van der Waals surface area contributed by atoms with Gasteiger partial charge in [0.05, 0.1) is 11.7 Å². The molecule has 0 radical (unpaired) electrons. The predicted octanol–water partition coefficient (Wildman–Crippen LogP) is 4.77. The maximum atomic E-state index is 13.6. The first-order valence-electron chi connectivity index (χ1n) is 6.06. The second-order valence-corrected chi connectivity index (χ2v) is 5.02. The molecule has 0 aliphatic carbocycles. The van der Waals surface area contributed by atoms with Gasteiger partial charge < -0.3 is 5.11 Å². The Balaban J connectivity index is 2.26. The summed E-state index contributed by atoms with van der Waals surface area (Å²) in [4.78, 5) is 0. The number of hydrogen-bond donors (Lipinski definition) is 1. The molecule has 0 bridgehead atoms. The Morgan fingerprint density at radius 2 is 1.67 bits per heavy atom. The highest BCUT2D eigenvalue weighted by Gasteiger charge is 2.31. The molecule has 0 aliphatic rings. The normalized spacial score (nSPS) is 13.2. The van der Waals surface area contributed by atoms with Crippen LogP contribution in [-0.4, -0.2) is 5.11 Å². The number of halogens is 5. The van der Waals surface area contributed by atoms with E-state index in [-0.39, 0.29) is 12.0 Å². The van der Waals surface area contributed by atoms with Gasteiger partial charge in [0.2, 0.25) is 0 Å². The minimum Gasteiger partial charge on any atom is -0.388 e. The smallest absolute Gasteiger partial charge is 0.388 e. The second-order valence-electron chi connectivity index (χ2n) is 4.58. The zero-order valence-corrected chi connectivity index (χ0v) is 11.4. The molecular formula is C15H11ClF4O. The Hall–Kier alpha value is -1.59. The maximum Gasteiger partial charge on any atom is 0.416 e. The molecule has 0 saturated carbocycles. The topological polar surface area (TPSA) is 20.2 Å². The van der Waals surface area contributed by atoms with Crippen molar-refractivity contribution in [3.8, 4) is 0 Å². The van der Waals surface area contributed by atoms with Gasteiger partial charge in [-0.05, 0) is 35.9 Å². The summed E-state index contributed by atoms with van der Waals surface area (Å²) in [5, 5.41) is 10.5. The molecule has 1 nitrogen and oxygen atoms in total. The van der Waals surface area contributed by atoms with E-state index in [0.29, 0.717) is 28.8 Å². The Labute approximate surface area is 123 Å². The SMILES string of the molecule is OC(Cc1ccc(Cl)cc1)c1cc(C(F)(F)F)ccc1F. The molecule has 6 heteroatoms. The summed E-state index contributed by atoms with van der Waals surface area (Å²) in [6.07, 6.45) is -5.95. The van der Waals surface area contributed by atoms with Crippen LogP contribution in [0.3, 0.4) is 0 Å². The first-order valence-corrected chi connectivity index (χ1v) is 6.44. The molecule has 21 heavy (non-hydrogen) atoms. The van der Waals surface area contributed by atoms with Gasteiger partial charge in [0.15, 0.2) is 0 Å². The first kappa shape index (κ1) is 15.8. The summed E-state index contributed by atoms with van der Waals surface area (Å²) in [7, 11) is 0. The van der Waals surface area contributed by atoms with E-state index in [1.54, 1.807) is 24.3 Å². The Morgan fingerprint density at radius 3 is 2.24 bits per heavy atom. The molecule has 0 spiro atoms. The van der Waals surface area contributed by atoms with Gasteiger partial charge in [-0.3, -0.25) is 0 Å². The zero-order valence-electron chi connectivity index (χ0n) is 10.7. The summed E-state index contributed by atoms with van der Waals surface area (Å²) in [5.74, 6) is -0.871. The first-order chi connectivity index (χ1) is 9.77. The molecule has 2 aromatic rings. The second kappa shape index (κ2) is 6.03. The number of aliphatic hydroxyl groups is 1. The summed E-state index contributed by atoms with van der Waals surface area (Å²) >= 11 is 5.71. The van der Waals surface area contributed by atoms with Crippen LogP contribution in [0.2, 0.25) is 5.02 Å². The van der Waals surface area contributed by atoms with Crippen molar-refractivity contribution in [2.45, 2.75) is 18.7 Å². The molecule has 0 heterocycles. The molecule has 1 atom stereocenters. The third-order valence-electron chi connectivity index (χ3n) is 3.02. The minimum absolute atomic E-state index is 0.00456. The van der Waals surface area contributed by atoms with Gasteiger partial charge in [0.1, 0.15) is 5.82 Å². The number of aliphatic hydroxyl groups excluding tert-OH is 1. The lowest BCUT2D eigenvalue weighted by Gasteiger charge is -2.15. The van der Waals surface area contributed by atoms with E-state index >= 15 is 0 Å². The summed E-state index contributed by atoms with van der Waals surface area (Å²) in [6.45, 7) is 0. The fourth-order valence-electron chi connectivity index (χ4n) is 1.93. The van der Waals surface area contributed by atoms with Crippen LogP contribution in [0.1, 0.15) is 22.8 Å². The van der Waals surface area contributed by atoms with Gasteiger partial charge in [-0.25, -0.2) is 4.39 Å². The zero-order chi connectivity index (χ0) is 15.6. The lowest BCUT2D eigenvalue weighted by Crippen LogP contribution is -2.10. The van der Waals surface area contributed by atoms with Gasteiger partial charge in [-0.1, -0.05) is 23.7 Å². The Bertz CT molecular complexity index is 623. The van der Waals surface area contributed by atoms with Crippen LogP contribution < -0.4 is 0 Å². The monoisotopic (exact) mass is 318 g/mol. The van der Waals surface area contributed by atoms with Gasteiger partial charge in [0.25, 0.3) is 0 Å². The molecule has 2 aromatic carbocycles. The lowest BCUT2D eigenvalue weighted by atomic mass is 9.99. The quantitative estimate of drug-likeness (QED) is 0.808. The van der Waals surface area contributed by atoms with Crippen LogP contribution in [0.15, 0.2) is 42.5 Å². The number of hydrogen-bond acceptors (Lipinski definition) is 1. The van der Waals surface area contributed by atoms with Gasteiger partial charge in [-0.2, -0.15) is 13.2 Å². The molecule has 2 rings (SSSR count). The van der Waals surface area contributed by atoms with Crippen LogP contribution >= 0.6 is 11.6 Å². The highest BCUT2D eigenvalue weighted by molar-refractivity contribution is 6.30. The maximum absolute atomic E-state index is 13.6. The Kier molecular flexibility index (Phi) is 4.54. The highest BCUT2D eigenvalue weighted by Crippen LogP contribution is 2.32. The third-order valence-corrected chi connectivity index (χ3v) is 3.28. The van der Waals surface area contributed by atoms with E-state index in [9.17, 15) is 22.7 Å². The fraction of sp³-hybridized carbons (Fsp3) is 0.200. The van der Waals surface area contributed by atoms with E-state index < -0.39 is 23.7 Å². The van der Waals surface area contributed by atoms with Crippen molar-refractivity contribution >= 4 is 11.6 Å². The molecule has 112 valence electrons. The van der Waals surface area contributed by atoms with E-state index in [0.717, 1.165) is 0 Å². The average molecular weight is 319 g/mol. The van der Waals surface area contributed by atoms with Crippen LogP contribution in [0.4, 0.5) is 17.6 Å². The summed E-state index contributed by atoms with van der Waals surface area (Å²) in [5.41, 5.74) is -0.724. The lowest BCUT2D eigenvalue weighted by molar-refractivity contribution is -0.137. The molecule has 0 amide bonds. The van der Waals surface area contributed by atoms with Crippen molar-refractivity contribution in [3.05, 3.63) is 70.0 Å². The molecular weight excluding hydrogens is 308 g/mol. The summed E-state index contributed by atoms with van der Waals surface area (Å²) < 4.78 is 51.5. The van der Waals surface area contributed by atoms with Crippen molar-refractivity contribution in [2.24, 2.45) is 0 Å². The minimum atomic E-state index is -4.58. The van der Waals surface area contributed by atoms with Gasteiger partial charge >= 0.3 is 6.18 Å². The van der Waals surface area contributed by atoms with E-state index in [1.165, 1.54) is 0 Å². The van der Waals surface area contributed by atoms with Gasteiger partial charge in [-0.15, -0.1) is 0 Å². The number of alkyl halides is 3. The molecule has 0 fully saturated rings. The van der Waals surface area contributed by atoms with E-state index in [4.69, 9.17) is 11.6 Å². The van der Waals surface area contributed by atoms with E-state index in [2.05, 4.69) is 0 Å². The van der Waals surface area contributed by atoms with Crippen molar-refractivity contribution in [3.63, 3.8) is 0 Å². The largest absolute Gasteiger partial charge is 0.416 e. The molecule has 0 aliphatic heterocycles. The van der Waals surface area contributed by atoms with Crippen LogP contribution in [0.25, 0.3) is 0 Å². The Morgan fingerprint density at radius 1 is 1.05 bits per heavy atom. The number of rotatable bonds is 3. The van der Waals surface area contributed by atoms with Crippen molar-refractivity contribution in [2.75, 3.05) is 0 Å². The van der Waals surface area contributed by atoms with Crippen LogP contribution in [-0.2, 0) is 12.6 Å². The van der Waals surface area contributed by atoms with Crippen molar-refractivity contribution < 1.29 is 22.7 Å². The van der Waals surface area contributed by atoms with Gasteiger partial charge in [0, 0.05) is 17.0 Å². The molecule has 0 saturated heterocycles. The summed E-state index contributed by atoms with van der Waals surface area (Å²) in [6, 6.07) is 8.42. The predicted molar refractivity (Wildman–Crippen MR) is 71.5 cm³/mol. The third kappa shape index (κ3) is 3.95. The van der Waals surface area contributed by atoms with Crippen LogP contribution in [0, 0.1) is 5.82 Å². The molecule has 1 N–H and O–H groups in total. The van der Waals surface area contributed by atoms with Crippen molar-refractivity contribution in [1.82, 2.24) is 0 Å². The van der Waals surface area contributed by atoms with Crippen molar-refractivity contribution in [1.29, 1.82) is 0 Å². The number of benzene rings is 2. The molecule has 1 unspecified atom stereocenters.